The van der Waals surface area contributed by atoms with Crippen LogP contribution in [0.2, 0.25) is 0 Å². The molecule has 0 bridgehead atoms. The lowest BCUT2D eigenvalue weighted by molar-refractivity contribution is -0.129. The molecular formula is C15H17BrN2OS. The second-order valence-electron chi connectivity index (χ2n) is 4.63. The summed E-state index contributed by atoms with van der Waals surface area (Å²) >= 11 is 5.07. The minimum Gasteiger partial charge on any atom is -0.340 e. The average Bonchev–Trinajstić information content (AvgIpc) is 2.84. The highest BCUT2D eigenvalue weighted by Crippen LogP contribution is 2.21. The van der Waals surface area contributed by atoms with E-state index in [4.69, 9.17) is 5.73 Å². The molecule has 5 heteroatoms. The van der Waals surface area contributed by atoms with Crippen LogP contribution in [0.15, 0.2) is 40.2 Å². The van der Waals surface area contributed by atoms with E-state index in [9.17, 15) is 4.79 Å². The van der Waals surface area contributed by atoms with Crippen LogP contribution in [-0.2, 0) is 24.3 Å². The molecule has 2 aromatic rings. The summed E-state index contributed by atoms with van der Waals surface area (Å²) in [6.45, 7) is 1.10. The van der Waals surface area contributed by atoms with Crippen molar-refractivity contribution in [3.63, 3.8) is 0 Å². The van der Waals surface area contributed by atoms with Crippen LogP contribution in [0.5, 0.6) is 0 Å². The fraction of sp³-hybridized carbons (Fsp3) is 0.267. The molecule has 3 nitrogen and oxygen atoms in total. The lowest BCUT2D eigenvalue weighted by atomic mass is 10.0. The molecule has 0 saturated heterocycles. The quantitative estimate of drug-likeness (QED) is 0.898. The smallest absolute Gasteiger partial charge is 0.227 e. The van der Waals surface area contributed by atoms with Crippen LogP contribution in [0.3, 0.4) is 0 Å². The van der Waals surface area contributed by atoms with Crippen LogP contribution in [-0.4, -0.2) is 17.9 Å². The highest BCUT2D eigenvalue weighted by atomic mass is 79.9. The number of thiophene rings is 1. The van der Waals surface area contributed by atoms with Crippen LogP contribution in [0.25, 0.3) is 0 Å². The van der Waals surface area contributed by atoms with Crippen LogP contribution in [0.4, 0.5) is 0 Å². The molecular weight excluding hydrogens is 336 g/mol. The Bertz CT molecular complexity index is 597. The minimum atomic E-state index is 0.107. The van der Waals surface area contributed by atoms with Crippen molar-refractivity contribution >= 4 is 33.2 Å². The second kappa shape index (κ2) is 7.02. The van der Waals surface area contributed by atoms with E-state index in [-0.39, 0.29) is 5.91 Å². The van der Waals surface area contributed by atoms with E-state index in [1.807, 2.05) is 42.8 Å². The maximum absolute atomic E-state index is 12.3. The predicted octanol–water partition coefficient (Wildman–Crippen LogP) is 3.17. The third-order valence-electron chi connectivity index (χ3n) is 3.12. The van der Waals surface area contributed by atoms with Gasteiger partial charge in [0.05, 0.1) is 13.0 Å². The van der Waals surface area contributed by atoms with Gasteiger partial charge in [-0.1, -0.05) is 24.3 Å². The Morgan fingerprint density at radius 3 is 2.65 bits per heavy atom. The van der Waals surface area contributed by atoms with Crippen molar-refractivity contribution in [3.05, 3.63) is 56.2 Å². The van der Waals surface area contributed by atoms with Crippen LogP contribution < -0.4 is 5.73 Å². The van der Waals surface area contributed by atoms with Gasteiger partial charge >= 0.3 is 0 Å². The third kappa shape index (κ3) is 3.91. The first-order valence-electron chi connectivity index (χ1n) is 6.34. The van der Waals surface area contributed by atoms with Crippen LogP contribution >= 0.6 is 27.3 Å². The minimum absolute atomic E-state index is 0.107. The number of benzene rings is 1. The Hall–Kier alpha value is -1.17. The third-order valence-corrected chi connectivity index (χ3v) is 4.80. The van der Waals surface area contributed by atoms with Gasteiger partial charge < -0.3 is 10.6 Å². The Morgan fingerprint density at radius 2 is 2.05 bits per heavy atom. The fourth-order valence-corrected chi connectivity index (χ4v) is 3.49. The standard InChI is InChI=1S/C15H17BrN2OS/c1-18(9-14-7-13(16)10-20-14)15(19)6-11-4-2-3-5-12(11)8-17/h2-5,7,10H,6,8-9,17H2,1H3. The molecule has 1 heterocycles. The SMILES string of the molecule is CN(Cc1cc(Br)cs1)C(=O)Cc1ccccc1CN. The van der Waals surface area contributed by atoms with E-state index in [1.165, 1.54) is 4.88 Å². The maximum Gasteiger partial charge on any atom is 0.227 e. The fourth-order valence-electron chi connectivity index (χ4n) is 1.99. The predicted molar refractivity (Wildman–Crippen MR) is 86.5 cm³/mol. The molecule has 0 aliphatic carbocycles. The van der Waals surface area contributed by atoms with Crippen molar-refractivity contribution in [2.75, 3.05) is 7.05 Å². The molecule has 0 saturated carbocycles. The number of carbonyl (C=O) groups excluding carboxylic acids is 1. The molecule has 0 aliphatic rings. The summed E-state index contributed by atoms with van der Waals surface area (Å²) in [5, 5.41) is 2.03. The van der Waals surface area contributed by atoms with Crippen molar-refractivity contribution < 1.29 is 4.79 Å². The monoisotopic (exact) mass is 352 g/mol. The molecule has 106 valence electrons. The van der Waals surface area contributed by atoms with Gasteiger partial charge in [-0.15, -0.1) is 11.3 Å². The number of halogens is 1. The Kier molecular flexibility index (Phi) is 5.34. The van der Waals surface area contributed by atoms with Gasteiger partial charge in [0.15, 0.2) is 0 Å². The molecule has 0 atom stereocenters. The summed E-state index contributed by atoms with van der Waals surface area (Å²) in [4.78, 5) is 15.2. The number of nitrogens with two attached hydrogens (primary N) is 1. The Morgan fingerprint density at radius 1 is 1.35 bits per heavy atom. The Balaban J connectivity index is 2.00. The molecule has 1 amide bonds. The molecule has 2 N–H and O–H groups in total. The molecule has 0 fully saturated rings. The summed E-state index contributed by atoms with van der Waals surface area (Å²) in [6.07, 6.45) is 0.399. The first kappa shape index (κ1) is 15.2. The Labute approximate surface area is 131 Å². The lowest BCUT2D eigenvalue weighted by Crippen LogP contribution is -2.27. The van der Waals surface area contributed by atoms with Gasteiger partial charge in [0.2, 0.25) is 5.91 Å². The van der Waals surface area contributed by atoms with Crippen molar-refractivity contribution in [2.45, 2.75) is 19.5 Å². The first-order chi connectivity index (χ1) is 9.60. The molecule has 2 rings (SSSR count). The number of hydrogen-bond donors (Lipinski definition) is 1. The summed E-state index contributed by atoms with van der Waals surface area (Å²) in [5.74, 6) is 0.107. The number of likely N-dealkylation sites (N-methyl/N-ethyl adjacent to an activating group) is 1. The van der Waals surface area contributed by atoms with Crippen molar-refractivity contribution in [2.24, 2.45) is 5.73 Å². The summed E-state index contributed by atoms with van der Waals surface area (Å²) in [7, 11) is 1.83. The normalized spacial score (nSPS) is 10.6. The largest absolute Gasteiger partial charge is 0.340 e. The topological polar surface area (TPSA) is 46.3 Å². The number of nitrogens with zero attached hydrogens (tertiary/aromatic N) is 1. The number of hydrogen-bond acceptors (Lipinski definition) is 3. The molecule has 1 aromatic carbocycles. The van der Waals surface area contributed by atoms with Gasteiger partial charge in [0.1, 0.15) is 0 Å². The van der Waals surface area contributed by atoms with E-state index < -0.39 is 0 Å². The maximum atomic E-state index is 12.3. The van der Waals surface area contributed by atoms with Gasteiger partial charge in [-0.2, -0.15) is 0 Å². The molecule has 0 radical (unpaired) electrons. The van der Waals surface area contributed by atoms with Crippen LogP contribution in [0.1, 0.15) is 16.0 Å². The van der Waals surface area contributed by atoms with Crippen LogP contribution in [0, 0.1) is 0 Å². The number of rotatable bonds is 5. The van der Waals surface area contributed by atoms with E-state index in [0.29, 0.717) is 19.5 Å². The zero-order valence-electron chi connectivity index (χ0n) is 11.3. The average molecular weight is 353 g/mol. The second-order valence-corrected chi connectivity index (χ2v) is 6.54. The molecule has 1 aromatic heterocycles. The van der Waals surface area contributed by atoms with Crippen molar-refractivity contribution in [1.29, 1.82) is 0 Å². The highest BCUT2D eigenvalue weighted by molar-refractivity contribution is 9.10. The van der Waals surface area contributed by atoms with Gasteiger partial charge in [-0.25, -0.2) is 0 Å². The van der Waals surface area contributed by atoms with E-state index in [2.05, 4.69) is 15.9 Å². The van der Waals surface area contributed by atoms with E-state index >= 15 is 0 Å². The zero-order valence-corrected chi connectivity index (χ0v) is 13.7. The molecule has 0 aliphatic heterocycles. The van der Waals surface area contributed by atoms with Crippen molar-refractivity contribution in [1.82, 2.24) is 4.90 Å². The highest BCUT2D eigenvalue weighted by Gasteiger charge is 2.12. The molecule has 0 unspecified atom stereocenters. The van der Waals surface area contributed by atoms with Gasteiger partial charge in [-0.05, 0) is 33.1 Å². The lowest BCUT2D eigenvalue weighted by Gasteiger charge is -2.17. The van der Waals surface area contributed by atoms with Crippen molar-refractivity contribution in [3.8, 4) is 0 Å². The van der Waals surface area contributed by atoms with E-state index in [1.54, 1.807) is 16.2 Å². The number of carbonyl (C=O) groups is 1. The zero-order chi connectivity index (χ0) is 14.5. The molecule has 0 spiro atoms. The summed E-state index contributed by atoms with van der Waals surface area (Å²) in [6, 6.07) is 9.87. The van der Waals surface area contributed by atoms with Gasteiger partial charge in [0.25, 0.3) is 0 Å². The number of amides is 1. The molecule has 20 heavy (non-hydrogen) atoms. The van der Waals surface area contributed by atoms with Gasteiger partial charge in [-0.3, -0.25) is 4.79 Å². The summed E-state index contributed by atoms with van der Waals surface area (Å²) < 4.78 is 1.06. The summed E-state index contributed by atoms with van der Waals surface area (Å²) in [5.41, 5.74) is 7.75. The van der Waals surface area contributed by atoms with E-state index in [0.717, 1.165) is 15.6 Å². The first-order valence-corrected chi connectivity index (χ1v) is 8.01. The van der Waals surface area contributed by atoms with Gasteiger partial charge in [0, 0.05) is 28.3 Å².